The van der Waals surface area contributed by atoms with Gasteiger partial charge in [0.2, 0.25) is 5.79 Å². The molecule has 4 aliphatic heterocycles. The van der Waals surface area contributed by atoms with Crippen molar-refractivity contribution in [1.82, 2.24) is 0 Å². The summed E-state index contributed by atoms with van der Waals surface area (Å²) in [5.41, 5.74) is -0.669. The van der Waals surface area contributed by atoms with Gasteiger partial charge >= 0.3 is 6.18 Å². The highest BCUT2D eigenvalue weighted by molar-refractivity contribution is 5.26. The van der Waals surface area contributed by atoms with Crippen LogP contribution in [0.5, 0.6) is 0 Å². The van der Waals surface area contributed by atoms with Gasteiger partial charge in [-0.3, -0.25) is 0 Å². The van der Waals surface area contributed by atoms with Gasteiger partial charge in [0.1, 0.15) is 0 Å². The molecule has 1 aromatic rings. The molecule has 5 aliphatic rings. The highest BCUT2D eigenvalue weighted by Gasteiger charge is 2.69. The Labute approximate surface area is 186 Å². The van der Waals surface area contributed by atoms with E-state index in [0.717, 1.165) is 37.8 Å². The number of hydrogen-bond acceptors (Lipinski definition) is 5. The SMILES string of the molecule is C[C@@H]1CCC2[C@@H](C)[C@@H](O[C@H](C)c3ccc(C(F)(F)F)cc3)O[C@@H]3O[C@@]4(C)CC[C@@H]1[C@@]23OO4. The molecule has 1 aliphatic carbocycles. The van der Waals surface area contributed by atoms with Gasteiger partial charge in [-0.15, -0.1) is 0 Å². The number of alkyl halides is 3. The van der Waals surface area contributed by atoms with Crippen LogP contribution >= 0.6 is 0 Å². The molecule has 8 heteroatoms. The van der Waals surface area contributed by atoms with Crippen molar-refractivity contribution in [3.05, 3.63) is 35.4 Å². The molecule has 1 unspecified atom stereocenters. The first-order valence-corrected chi connectivity index (χ1v) is 11.6. The lowest BCUT2D eigenvalue weighted by Gasteiger charge is -2.60. The zero-order chi connectivity index (χ0) is 22.9. The number of halogens is 3. The normalized spacial score (nSPS) is 44.6. The summed E-state index contributed by atoms with van der Waals surface area (Å²) in [5.74, 6) is 0.0246. The molecule has 0 radical (unpaired) electrons. The Morgan fingerprint density at radius 2 is 1.75 bits per heavy atom. The van der Waals surface area contributed by atoms with Crippen molar-refractivity contribution in [3.63, 3.8) is 0 Å². The minimum atomic E-state index is -4.36. The third-order valence-electron chi connectivity index (χ3n) is 8.14. The summed E-state index contributed by atoms with van der Waals surface area (Å²) in [6.07, 6.45) is -2.23. The first kappa shape index (κ1) is 22.6. The van der Waals surface area contributed by atoms with Gasteiger partial charge in [-0.05, 0) is 62.6 Å². The molecule has 32 heavy (non-hydrogen) atoms. The number of ether oxygens (including phenoxy) is 3. The fourth-order valence-corrected chi connectivity index (χ4v) is 6.25. The van der Waals surface area contributed by atoms with E-state index in [4.69, 9.17) is 24.0 Å². The predicted molar refractivity (Wildman–Crippen MR) is 108 cm³/mol. The molecule has 2 bridgehead atoms. The predicted octanol–water partition coefficient (Wildman–Crippen LogP) is 5.99. The van der Waals surface area contributed by atoms with Gasteiger partial charge in [0.15, 0.2) is 18.2 Å². The summed E-state index contributed by atoms with van der Waals surface area (Å²) in [6, 6.07) is 5.09. The summed E-state index contributed by atoms with van der Waals surface area (Å²) in [6.45, 7) is 8.06. The van der Waals surface area contributed by atoms with Crippen LogP contribution in [0, 0.1) is 23.7 Å². The molecular weight excluding hydrogens is 425 g/mol. The Morgan fingerprint density at radius 1 is 1.03 bits per heavy atom. The minimum Gasteiger partial charge on any atom is -0.345 e. The van der Waals surface area contributed by atoms with E-state index in [0.29, 0.717) is 11.5 Å². The Balaban J connectivity index is 1.38. The van der Waals surface area contributed by atoms with E-state index in [9.17, 15) is 13.2 Å². The van der Waals surface area contributed by atoms with E-state index in [1.165, 1.54) is 12.1 Å². The molecule has 6 rings (SSSR count). The maximum atomic E-state index is 12.9. The minimum absolute atomic E-state index is 0.00723. The van der Waals surface area contributed by atoms with Crippen LogP contribution in [0.3, 0.4) is 0 Å². The molecule has 178 valence electrons. The highest BCUT2D eigenvalue weighted by Crippen LogP contribution is 2.60. The van der Waals surface area contributed by atoms with Crippen molar-refractivity contribution >= 4 is 0 Å². The van der Waals surface area contributed by atoms with E-state index < -0.39 is 41.8 Å². The average molecular weight is 457 g/mol. The number of benzene rings is 1. The van der Waals surface area contributed by atoms with Crippen molar-refractivity contribution in [2.45, 2.75) is 89.6 Å². The van der Waals surface area contributed by atoms with Crippen LogP contribution in [-0.4, -0.2) is 24.0 Å². The molecule has 4 heterocycles. The summed E-state index contributed by atoms with van der Waals surface area (Å²) >= 11 is 0. The second kappa shape index (κ2) is 7.67. The molecule has 4 saturated heterocycles. The monoisotopic (exact) mass is 456 g/mol. The molecule has 9 atom stereocenters. The maximum Gasteiger partial charge on any atom is 0.416 e. The van der Waals surface area contributed by atoms with Crippen LogP contribution in [0.2, 0.25) is 0 Å². The van der Waals surface area contributed by atoms with Crippen molar-refractivity contribution in [2.24, 2.45) is 23.7 Å². The molecule has 0 amide bonds. The van der Waals surface area contributed by atoms with Crippen molar-refractivity contribution in [1.29, 1.82) is 0 Å². The standard InChI is InChI=1S/C24H31F3O5/c1-13-5-10-19-14(2)20(28-15(3)16-6-8-17(9-7-16)24(25,26)27)29-21-23(19)18(13)11-12-22(4,30-21)31-32-23/h6-9,13-15,18-21H,5,10-12H2,1-4H3/t13-,14-,15-,18+,19?,20+,21-,22-,23-/m1/s1. The van der Waals surface area contributed by atoms with Gasteiger partial charge in [-0.25, -0.2) is 9.78 Å². The van der Waals surface area contributed by atoms with Crippen LogP contribution in [0.15, 0.2) is 24.3 Å². The lowest BCUT2D eigenvalue weighted by Crippen LogP contribution is -2.70. The molecule has 5 nitrogen and oxygen atoms in total. The van der Waals surface area contributed by atoms with E-state index in [2.05, 4.69) is 13.8 Å². The van der Waals surface area contributed by atoms with Gasteiger partial charge in [0, 0.05) is 18.3 Å². The second-order valence-corrected chi connectivity index (χ2v) is 10.2. The number of rotatable bonds is 3. The van der Waals surface area contributed by atoms with Crippen LogP contribution in [-0.2, 0) is 30.2 Å². The lowest BCUT2D eigenvalue weighted by molar-refractivity contribution is -0.578. The fraction of sp³-hybridized carbons (Fsp3) is 0.750. The summed E-state index contributed by atoms with van der Waals surface area (Å²) < 4.78 is 57.7. The van der Waals surface area contributed by atoms with Gasteiger partial charge < -0.3 is 14.2 Å². The Bertz CT molecular complexity index is 845. The molecular formula is C24H31F3O5. The van der Waals surface area contributed by atoms with Gasteiger partial charge in [0.05, 0.1) is 11.7 Å². The van der Waals surface area contributed by atoms with Crippen molar-refractivity contribution < 1.29 is 37.2 Å². The fourth-order valence-electron chi connectivity index (χ4n) is 6.25. The molecule has 1 saturated carbocycles. The van der Waals surface area contributed by atoms with Crippen LogP contribution in [0.25, 0.3) is 0 Å². The van der Waals surface area contributed by atoms with E-state index in [1.807, 2.05) is 13.8 Å². The van der Waals surface area contributed by atoms with E-state index >= 15 is 0 Å². The first-order chi connectivity index (χ1) is 15.0. The summed E-state index contributed by atoms with van der Waals surface area (Å²) in [7, 11) is 0. The Kier molecular flexibility index (Phi) is 5.41. The maximum absolute atomic E-state index is 12.9. The zero-order valence-corrected chi connectivity index (χ0v) is 18.9. The highest BCUT2D eigenvalue weighted by atomic mass is 19.4. The lowest BCUT2D eigenvalue weighted by atomic mass is 9.58. The largest absolute Gasteiger partial charge is 0.416 e. The summed E-state index contributed by atoms with van der Waals surface area (Å²) in [4.78, 5) is 11.9. The van der Waals surface area contributed by atoms with Crippen LogP contribution < -0.4 is 0 Å². The second-order valence-electron chi connectivity index (χ2n) is 10.2. The topological polar surface area (TPSA) is 46.2 Å². The quantitative estimate of drug-likeness (QED) is 0.523. The van der Waals surface area contributed by atoms with Gasteiger partial charge in [-0.2, -0.15) is 13.2 Å². The zero-order valence-electron chi connectivity index (χ0n) is 18.9. The van der Waals surface area contributed by atoms with Gasteiger partial charge in [0.25, 0.3) is 0 Å². The molecule has 0 aromatic heterocycles. The molecule has 1 aromatic carbocycles. The third kappa shape index (κ3) is 3.50. The van der Waals surface area contributed by atoms with Crippen LogP contribution in [0.4, 0.5) is 13.2 Å². The van der Waals surface area contributed by atoms with Crippen LogP contribution in [0.1, 0.15) is 70.6 Å². The van der Waals surface area contributed by atoms with Gasteiger partial charge in [-0.1, -0.05) is 26.0 Å². The van der Waals surface area contributed by atoms with E-state index in [1.54, 1.807) is 0 Å². The number of hydrogen-bond donors (Lipinski definition) is 0. The average Bonchev–Trinajstić information content (AvgIpc) is 2.97. The van der Waals surface area contributed by atoms with E-state index in [-0.39, 0.29) is 17.8 Å². The smallest absolute Gasteiger partial charge is 0.345 e. The molecule has 0 N–H and O–H groups in total. The first-order valence-electron chi connectivity index (χ1n) is 11.6. The molecule has 1 spiro atoms. The third-order valence-corrected chi connectivity index (χ3v) is 8.14. The Hall–Kier alpha value is -1.19. The van der Waals surface area contributed by atoms with Crippen molar-refractivity contribution in [2.75, 3.05) is 0 Å². The van der Waals surface area contributed by atoms with Crippen molar-refractivity contribution in [3.8, 4) is 0 Å². The molecule has 5 fully saturated rings. The summed E-state index contributed by atoms with van der Waals surface area (Å²) in [5, 5.41) is 0. The Morgan fingerprint density at radius 3 is 2.44 bits per heavy atom. The number of fused-ring (bicyclic) bond motifs is 2.